The van der Waals surface area contributed by atoms with Crippen LogP contribution in [-0.4, -0.2) is 30.8 Å². The van der Waals surface area contributed by atoms with E-state index in [9.17, 15) is 4.79 Å². The molecular weight excluding hydrogens is 303 g/mol. The molecule has 0 spiro atoms. The Balaban J connectivity index is 1.86. The van der Waals surface area contributed by atoms with Crippen LogP contribution in [0.25, 0.3) is 11.0 Å². The van der Waals surface area contributed by atoms with Gasteiger partial charge in [0.15, 0.2) is 5.82 Å². The van der Waals surface area contributed by atoms with Crippen LogP contribution >= 0.6 is 23.2 Å². The van der Waals surface area contributed by atoms with E-state index in [-0.39, 0.29) is 11.1 Å². The molecule has 3 aromatic rings. The van der Waals surface area contributed by atoms with Gasteiger partial charge in [-0.1, -0.05) is 11.6 Å². The number of aromatic nitrogens is 5. The molecular formula is C11H6Cl2N6O. The zero-order valence-electron chi connectivity index (χ0n) is 9.76. The maximum atomic E-state index is 12.0. The summed E-state index contributed by atoms with van der Waals surface area (Å²) in [6.45, 7) is 0. The zero-order chi connectivity index (χ0) is 14.1. The quantitative estimate of drug-likeness (QED) is 0.559. The first-order valence-corrected chi connectivity index (χ1v) is 6.17. The molecule has 0 bridgehead atoms. The fraction of sp³-hybridized carbons (Fsp3) is 0. The average Bonchev–Trinajstić information content (AvgIpc) is 2.84. The van der Waals surface area contributed by atoms with Gasteiger partial charge < -0.3 is 10.3 Å². The molecule has 3 heterocycles. The molecule has 3 rings (SSSR count). The fourth-order valence-electron chi connectivity index (χ4n) is 1.56. The maximum Gasteiger partial charge on any atom is 0.291 e. The summed E-state index contributed by atoms with van der Waals surface area (Å²) in [6.07, 6.45) is 4.28. The molecule has 2 N–H and O–H groups in total. The standard InChI is InChI=1S/C11H6Cl2N6O/c12-8-1-6-7(4-14-8)19-9(18-6)10(20)17-5-2-15-11(13)16-3-5/h1-4H,(H,17,20)(H,18,19). The summed E-state index contributed by atoms with van der Waals surface area (Å²) in [5.74, 6) is -0.290. The highest BCUT2D eigenvalue weighted by Gasteiger charge is 2.12. The van der Waals surface area contributed by atoms with Crippen molar-refractivity contribution in [1.82, 2.24) is 24.9 Å². The number of hydrogen-bond acceptors (Lipinski definition) is 5. The largest absolute Gasteiger partial charge is 0.334 e. The second-order valence-electron chi connectivity index (χ2n) is 3.80. The molecule has 20 heavy (non-hydrogen) atoms. The van der Waals surface area contributed by atoms with Gasteiger partial charge in [0, 0.05) is 6.07 Å². The third kappa shape index (κ3) is 2.54. The van der Waals surface area contributed by atoms with Gasteiger partial charge in [0.2, 0.25) is 5.28 Å². The van der Waals surface area contributed by atoms with E-state index < -0.39 is 5.91 Å². The minimum absolute atomic E-state index is 0.104. The Morgan fingerprint density at radius 2 is 1.90 bits per heavy atom. The first-order chi connectivity index (χ1) is 9.61. The highest BCUT2D eigenvalue weighted by Crippen LogP contribution is 2.15. The van der Waals surface area contributed by atoms with Gasteiger partial charge >= 0.3 is 0 Å². The van der Waals surface area contributed by atoms with Crippen molar-refractivity contribution in [2.24, 2.45) is 0 Å². The van der Waals surface area contributed by atoms with Crippen molar-refractivity contribution < 1.29 is 4.79 Å². The smallest absolute Gasteiger partial charge is 0.291 e. The van der Waals surface area contributed by atoms with Crippen LogP contribution in [0.3, 0.4) is 0 Å². The first kappa shape index (κ1) is 12.8. The fourth-order valence-corrected chi connectivity index (χ4v) is 1.82. The van der Waals surface area contributed by atoms with E-state index in [1.165, 1.54) is 18.6 Å². The van der Waals surface area contributed by atoms with Gasteiger partial charge in [-0.2, -0.15) is 0 Å². The number of pyridine rings is 1. The molecule has 0 radical (unpaired) electrons. The maximum absolute atomic E-state index is 12.0. The van der Waals surface area contributed by atoms with E-state index >= 15 is 0 Å². The summed E-state index contributed by atoms with van der Waals surface area (Å²) in [5, 5.41) is 3.01. The molecule has 9 heteroatoms. The number of carbonyl (C=O) groups excluding carboxylic acids is 1. The van der Waals surface area contributed by atoms with Crippen LogP contribution in [0, 0.1) is 0 Å². The molecule has 0 aliphatic rings. The minimum Gasteiger partial charge on any atom is -0.334 e. The molecule has 0 fully saturated rings. The lowest BCUT2D eigenvalue weighted by Crippen LogP contribution is -2.13. The molecule has 0 aliphatic carbocycles. The summed E-state index contributed by atoms with van der Waals surface area (Å²) in [7, 11) is 0. The van der Waals surface area contributed by atoms with Crippen molar-refractivity contribution in [3.8, 4) is 0 Å². The van der Waals surface area contributed by atoms with Gasteiger partial charge in [0.05, 0.1) is 29.8 Å². The van der Waals surface area contributed by atoms with Crippen molar-refractivity contribution in [1.29, 1.82) is 0 Å². The zero-order valence-corrected chi connectivity index (χ0v) is 11.3. The van der Waals surface area contributed by atoms with E-state index in [1.54, 1.807) is 6.07 Å². The van der Waals surface area contributed by atoms with Gasteiger partial charge in [0.25, 0.3) is 5.91 Å². The number of hydrogen-bond donors (Lipinski definition) is 2. The Kier molecular flexibility index (Phi) is 3.21. The second kappa shape index (κ2) is 5.03. The van der Waals surface area contributed by atoms with Crippen LogP contribution < -0.4 is 5.32 Å². The third-order valence-corrected chi connectivity index (χ3v) is 2.83. The molecule has 0 aromatic carbocycles. The highest BCUT2D eigenvalue weighted by molar-refractivity contribution is 6.30. The number of rotatable bonds is 2. The number of fused-ring (bicyclic) bond motifs is 1. The molecule has 0 atom stereocenters. The number of nitrogens with one attached hydrogen (secondary N) is 2. The van der Waals surface area contributed by atoms with Crippen molar-refractivity contribution in [3.05, 3.63) is 40.9 Å². The van der Waals surface area contributed by atoms with Crippen LogP contribution in [0.15, 0.2) is 24.7 Å². The van der Waals surface area contributed by atoms with E-state index in [0.717, 1.165) is 0 Å². The second-order valence-corrected chi connectivity index (χ2v) is 4.53. The number of anilines is 1. The molecule has 7 nitrogen and oxygen atoms in total. The number of amides is 1. The average molecular weight is 309 g/mol. The van der Waals surface area contributed by atoms with E-state index in [4.69, 9.17) is 23.2 Å². The van der Waals surface area contributed by atoms with E-state index in [2.05, 4.69) is 30.2 Å². The van der Waals surface area contributed by atoms with Crippen LogP contribution in [0.1, 0.15) is 10.6 Å². The molecule has 100 valence electrons. The molecule has 0 saturated heterocycles. The summed E-state index contributed by atoms with van der Waals surface area (Å²) in [5.41, 5.74) is 1.59. The van der Waals surface area contributed by atoms with Crippen molar-refractivity contribution >= 4 is 45.8 Å². The van der Waals surface area contributed by atoms with Crippen molar-refractivity contribution in [2.75, 3.05) is 5.32 Å². The van der Waals surface area contributed by atoms with Gasteiger partial charge in [-0.05, 0) is 11.6 Å². The Hall–Kier alpha value is -2.25. The number of carbonyl (C=O) groups is 1. The summed E-state index contributed by atoms with van der Waals surface area (Å²) in [4.78, 5) is 30.4. The number of aromatic amines is 1. The first-order valence-electron chi connectivity index (χ1n) is 5.42. The number of H-pyrrole nitrogens is 1. The number of imidazole rings is 1. The van der Waals surface area contributed by atoms with Crippen LogP contribution in [0.4, 0.5) is 5.69 Å². The molecule has 1 amide bonds. The molecule has 0 saturated carbocycles. The van der Waals surface area contributed by atoms with Crippen molar-refractivity contribution in [3.63, 3.8) is 0 Å². The Morgan fingerprint density at radius 1 is 1.15 bits per heavy atom. The molecule has 0 unspecified atom stereocenters. The van der Waals surface area contributed by atoms with Crippen LogP contribution in [-0.2, 0) is 0 Å². The number of nitrogens with zero attached hydrogens (tertiary/aromatic N) is 4. The predicted molar refractivity (Wildman–Crippen MR) is 73.9 cm³/mol. The lowest BCUT2D eigenvalue weighted by Gasteiger charge is -2.01. The third-order valence-electron chi connectivity index (χ3n) is 2.43. The molecule has 0 aliphatic heterocycles. The SMILES string of the molecule is O=C(Nc1cnc(Cl)nc1)c1nc2cnc(Cl)cc2[nH]1. The van der Waals surface area contributed by atoms with Gasteiger partial charge in [0.1, 0.15) is 10.7 Å². The van der Waals surface area contributed by atoms with Gasteiger partial charge in [-0.15, -0.1) is 0 Å². The Bertz CT molecular complexity index is 785. The Morgan fingerprint density at radius 3 is 2.65 bits per heavy atom. The van der Waals surface area contributed by atoms with Gasteiger partial charge in [-0.25, -0.2) is 19.9 Å². The minimum atomic E-state index is -0.428. The molecule has 3 aromatic heterocycles. The van der Waals surface area contributed by atoms with Crippen LogP contribution in [0.5, 0.6) is 0 Å². The lowest BCUT2D eigenvalue weighted by atomic mass is 10.4. The number of halogens is 2. The van der Waals surface area contributed by atoms with Crippen molar-refractivity contribution in [2.45, 2.75) is 0 Å². The Labute approximate surface area is 122 Å². The normalized spacial score (nSPS) is 10.7. The van der Waals surface area contributed by atoms with Crippen LogP contribution in [0.2, 0.25) is 10.4 Å². The van der Waals surface area contributed by atoms with E-state index in [0.29, 0.717) is 21.9 Å². The highest BCUT2D eigenvalue weighted by atomic mass is 35.5. The summed E-state index contributed by atoms with van der Waals surface area (Å²) < 4.78 is 0. The summed E-state index contributed by atoms with van der Waals surface area (Å²) >= 11 is 11.3. The van der Waals surface area contributed by atoms with Gasteiger partial charge in [-0.3, -0.25) is 4.79 Å². The predicted octanol–water partition coefficient (Wildman–Crippen LogP) is 2.31. The summed E-state index contributed by atoms with van der Waals surface area (Å²) in [6, 6.07) is 1.59. The van der Waals surface area contributed by atoms with E-state index in [1.807, 2.05) is 0 Å². The lowest BCUT2D eigenvalue weighted by molar-refractivity contribution is 0.101. The monoisotopic (exact) mass is 308 g/mol. The topological polar surface area (TPSA) is 96.5 Å².